The van der Waals surface area contributed by atoms with Crippen molar-refractivity contribution in [3.8, 4) is 0 Å². The fourth-order valence-electron chi connectivity index (χ4n) is 2.63. The molecule has 0 bridgehead atoms. The summed E-state index contributed by atoms with van der Waals surface area (Å²) in [7, 11) is 4.19. The van der Waals surface area contributed by atoms with Gasteiger partial charge >= 0.3 is 0 Å². The maximum absolute atomic E-state index is 9.57. The highest BCUT2D eigenvalue weighted by atomic mass is 16.3. The summed E-state index contributed by atoms with van der Waals surface area (Å²) < 4.78 is 0. The van der Waals surface area contributed by atoms with Gasteiger partial charge in [-0.2, -0.15) is 0 Å². The lowest BCUT2D eigenvalue weighted by Gasteiger charge is -2.32. The molecule has 1 aromatic carbocycles. The Morgan fingerprint density at radius 2 is 1.81 bits per heavy atom. The van der Waals surface area contributed by atoms with Crippen molar-refractivity contribution in [3.05, 3.63) is 35.4 Å². The zero-order valence-electron chi connectivity index (χ0n) is 10.4. The third-order valence-corrected chi connectivity index (χ3v) is 3.70. The molecule has 1 aromatic rings. The number of aliphatic hydroxyl groups is 1. The lowest BCUT2D eigenvalue weighted by atomic mass is 9.89. The quantitative estimate of drug-likeness (QED) is 0.840. The van der Waals surface area contributed by atoms with E-state index in [0.717, 1.165) is 12.8 Å². The molecule has 2 nitrogen and oxygen atoms in total. The van der Waals surface area contributed by atoms with Gasteiger partial charge in [-0.05, 0) is 39.4 Å². The molecule has 0 amide bonds. The molecule has 2 heteroatoms. The molecule has 16 heavy (non-hydrogen) atoms. The summed E-state index contributed by atoms with van der Waals surface area (Å²) in [5.41, 5.74) is 2.72. The number of aliphatic hydroxyl groups excluding tert-OH is 1. The lowest BCUT2D eigenvalue weighted by molar-refractivity contribution is 0.115. The highest BCUT2D eigenvalue weighted by molar-refractivity contribution is 5.27. The van der Waals surface area contributed by atoms with Crippen LogP contribution < -0.4 is 0 Å². The van der Waals surface area contributed by atoms with E-state index < -0.39 is 0 Å². The van der Waals surface area contributed by atoms with E-state index >= 15 is 0 Å². The van der Waals surface area contributed by atoms with Crippen molar-refractivity contribution in [3.63, 3.8) is 0 Å². The topological polar surface area (TPSA) is 23.5 Å². The number of rotatable bonds is 4. The van der Waals surface area contributed by atoms with Crippen LogP contribution in [0.2, 0.25) is 0 Å². The van der Waals surface area contributed by atoms with Crippen LogP contribution in [0.15, 0.2) is 24.3 Å². The first-order chi connectivity index (χ1) is 7.59. The summed E-state index contributed by atoms with van der Waals surface area (Å²) in [6, 6.07) is 9.03. The van der Waals surface area contributed by atoms with Gasteiger partial charge in [-0.25, -0.2) is 0 Å². The van der Waals surface area contributed by atoms with Gasteiger partial charge in [0.25, 0.3) is 0 Å². The third kappa shape index (κ3) is 2.00. The fraction of sp³-hybridized carbons (Fsp3) is 0.571. The highest BCUT2D eigenvalue weighted by Crippen LogP contribution is 2.56. The molecule has 1 unspecified atom stereocenters. The predicted molar refractivity (Wildman–Crippen MR) is 66.4 cm³/mol. The van der Waals surface area contributed by atoms with E-state index in [1.165, 1.54) is 11.1 Å². The summed E-state index contributed by atoms with van der Waals surface area (Å²) >= 11 is 0. The number of aryl methyl sites for hydroxylation is 1. The van der Waals surface area contributed by atoms with Crippen LogP contribution in [-0.2, 0) is 0 Å². The number of nitrogens with zero attached hydrogens (tertiary/aromatic N) is 1. The maximum atomic E-state index is 9.57. The molecule has 2 rings (SSSR count). The van der Waals surface area contributed by atoms with Gasteiger partial charge in [0, 0.05) is 11.5 Å². The van der Waals surface area contributed by atoms with E-state index in [2.05, 4.69) is 50.2 Å². The minimum atomic E-state index is 0.110. The minimum absolute atomic E-state index is 0.110. The first-order valence-corrected chi connectivity index (χ1v) is 5.93. The van der Waals surface area contributed by atoms with Gasteiger partial charge in [0.2, 0.25) is 0 Å². The van der Waals surface area contributed by atoms with Gasteiger partial charge in [0.15, 0.2) is 0 Å². The van der Waals surface area contributed by atoms with Gasteiger partial charge in [0.1, 0.15) is 0 Å². The molecule has 1 atom stereocenters. The Labute approximate surface area is 97.9 Å². The molecule has 0 heterocycles. The second kappa shape index (κ2) is 4.19. The second-order valence-corrected chi connectivity index (χ2v) is 5.30. The van der Waals surface area contributed by atoms with Crippen LogP contribution in [-0.4, -0.2) is 30.7 Å². The lowest BCUT2D eigenvalue weighted by Crippen LogP contribution is -2.30. The Kier molecular flexibility index (Phi) is 3.04. The van der Waals surface area contributed by atoms with Crippen molar-refractivity contribution in [2.45, 2.75) is 25.8 Å². The zero-order valence-corrected chi connectivity index (χ0v) is 10.4. The second-order valence-electron chi connectivity index (χ2n) is 5.30. The molecule has 0 saturated heterocycles. The number of hydrogen-bond donors (Lipinski definition) is 1. The molecule has 1 fully saturated rings. The Morgan fingerprint density at radius 3 is 2.19 bits per heavy atom. The molecule has 1 aliphatic carbocycles. The van der Waals surface area contributed by atoms with Crippen LogP contribution in [0, 0.1) is 12.3 Å². The van der Waals surface area contributed by atoms with E-state index in [9.17, 15) is 5.11 Å². The molecule has 1 saturated carbocycles. The maximum Gasteiger partial charge on any atom is 0.0505 e. The van der Waals surface area contributed by atoms with Crippen molar-refractivity contribution in [2.24, 2.45) is 5.41 Å². The van der Waals surface area contributed by atoms with Gasteiger partial charge in [-0.15, -0.1) is 0 Å². The largest absolute Gasteiger partial charge is 0.396 e. The van der Waals surface area contributed by atoms with Crippen molar-refractivity contribution in [1.29, 1.82) is 0 Å². The van der Waals surface area contributed by atoms with Crippen molar-refractivity contribution >= 4 is 0 Å². The van der Waals surface area contributed by atoms with E-state index in [4.69, 9.17) is 0 Å². The standard InChI is InChI=1S/C14H21NO/c1-11-4-6-12(7-5-11)13(15(2)3)14(10-16)8-9-14/h4-7,13,16H,8-10H2,1-3H3. The molecular formula is C14H21NO. The summed E-state index contributed by atoms with van der Waals surface area (Å²) in [5, 5.41) is 9.57. The Hall–Kier alpha value is -0.860. The van der Waals surface area contributed by atoms with Gasteiger partial charge < -0.3 is 10.0 Å². The van der Waals surface area contributed by atoms with Crippen molar-refractivity contribution in [1.82, 2.24) is 4.90 Å². The smallest absolute Gasteiger partial charge is 0.0505 e. The molecule has 88 valence electrons. The zero-order chi connectivity index (χ0) is 11.8. The summed E-state index contributed by atoms with van der Waals surface area (Å²) in [6.07, 6.45) is 2.28. The van der Waals surface area contributed by atoms with Crippen molar-refractivity contribution in [2.75, 3.05) is 20.7 Å². The number of hydrogen-bond acceptors (Lipinski definition) is 2. The average Bonchev–Trinajstić information content (AvgIpc) is 3.02. The normalized spacial score (nSPS) is 19.8. The van der Waals surface area contributed by atoms with E-state index in [1.54, 1.807) is 0 Å². The van der Waals surface area contributed by atoms with Crippen molar-refractivity contribution < 1.29 is 5.11 Å². The monoisotopic (exact) mass is 219 g/mol. The molecule has 1 N–H and O–H groups in total. The Bertz CT molecular complexity index is 352. The van der Waals surface area contributed by atoms with Crippen LogP contribution in [0.25, 0.3) is 0 Å². The summed E-state index contributed by atoms with van der Waals surface area (Å²) in [5.74, 6) is 0. The Morgan fingerprint density at radius 1 is 1.25 bits per heavy atom. The minimum Gasteiger partial charge on any atom is -0.396 e. The van der Waals surface area contributed by atoms with Crippen LogP contribution in [0.5, 0.6) is 0 Å². The third-order valence-electron chi connectivity index (χ3n) is 3.70. The van der Waals surface area contributed by atoms with Crippen LogP contribution in [0.3, 0.4) is 0 Å². The fourth-order valence-corrected chi connectivity index (χ4v) is 2.63. The van der Waals surface area contributed by atoms with E-state index in [-0.39, 0.29) is 5.41 Å². The SMILES string of the molecule is Cc1ccc(C(N(C)C)C2(CO)CC2)cc1. The summed E-state index contributed by atoms with van der Waals surface area (Å²) in [6.45, 7) is 2.40. The van der Waals surface area contributed by atoms with Gasteiger partial charge in [0.05, 0.1) is 6.61 Å². The molecule has 0 aliphatic heterocycles. The molecule has 0 aromatic heterocycles. The molecule has 1 aliphatic rings. The van der Waals surface area contributed by atoms with Crippen LogP contribution >= 0.6 is 0 Å². The van der Waals surface area contributed by atoms with Gasteiger partial charge in [-0.3, -0.25) is 0 Å². The number of benzene rings is 1. The first-order valence-electron chi connectivity index (χ1n) is 5.93. The van der Waals surface area contributed by atoms with E-state index in [1.807, 2.05) is 0 Å². The molecule has 0 spiro atoms. The Balaban J connectivity index is 2.30. The van der Waals surface area contributed by atoms with Gasteiger partial charge in [-0.1, -0.05) is 29.8 Å². The average molecular weight is 219 g/mol. The predicted octanol–water partition coefficient (Wildman–Crippen LogP) is 2.37. The highest BCUT2D eigenvalue weighted by Gasteiger charge is 2.50. The van der Waals surface area contributed by atoms with Crippen LogP contribution in [0.4, 0.5) is 0 Å². The van der Waals surface area contributed by atoms with E-state index in [0.29, 0.717) is 12.6 Å². The summed E-state index contributed by atoms with van der Waals surface area (Å²) in [4.78, 5) is 2.23. The molecule has 0 radical (unpaired) electrons. The molecular weight excluding hydrogens is 198 g/mol. The van der Waals surface area contributed by atoms with Crippen LogP contribution in [0.1, 0.15) is 30.0 Å². The first kappa shape index (κ1) is 11.6.